The number of thiocarbonyl (C=S) groups is 1. The molecule has 3 aliphatic rings. The van der Waals surface area contributed by atoms with Gasteiger partial charge in [-0.05, 0) is 73.8 Å². The Labute approximate surface area is 196 Å². The Hall–Kier alpha value is -3.57. The quantitative estimate of drug-likeness (QED) is 0.416. The summed E-state index contributed by atoms with van der Waals surface area (Å²) in [6.45, 7) is 9.11. The third-order valence-electron chi connectivity index (χ3n) is 7.05. The molecule has 8 heteroatoms. The number of carbonyl (C=O) groups is 2. The zero-order valence-electron chi connectivity index (χ0n) is 18.1. The van der Waals surface area contributed by atoms with Crippen molar-refractivity contribution in [2.24, 2.45) is 11.8 Å². The molecule has 1 saturated heterocycles. The van der Waals surface area contributed by atoms with Crippen molar-refractivity contribution < 1.29 is 14.0 Å². The second-order valence-electron chi connectivity index (χ2n) is 8.65. The van der Waals surface area contributed by atoms with Crippen LogP contribution in [0.3, 0.4) is 0 Å². The Balaban J connectivity index is 1.62. The molecule has 2 aromatic carbocycles. The monoisotopic (exact) mass is 460 g/mol. The number of nitrogens with zero attached hydrogens (tertiary/aromatic N) is 3. The lowest BCUT2D eigenvalue weighted by molar-refractivity contribution is -0.128. The predicted molar refractivity (Wildman–Crippen MR) is 128 cm³/mol. The van der Waals surface area contributed by atoms with E-state index in [9.17, 15) is 14.0 Å². The van der Waals surface area contributed by atoms with E-state index in [1.807, 2.05) is 6.92 Å². The number of halogens is 1. The molecule has 1 saturated carbocycles. The van der Waals surface area contributed by atoms with E-state index in [-0.39, 0.29) is 28.4 Å². The summed E-state index contributed by atoms with van der Waals surface area (Å²) >= 11 is 5.82. The summed E-state index contributed by atoms with van der Waals surface area (Å²) in [6, 6.07) is 9.53. The molecule has 0 radical (unpaired) electrons. The van der Waals surface area contributed by atoms with Crippen molar-refractivity contribution >= 4 is 46.2 Å². The summed E-state index contributed by atoms with van der Waals surface area (Å²) in [6.07, 6.45) is 5.56. The van der Waals surface area contributed by atoms with Crippen LogP contribution in [0.2, 0.25) is 0 Å². The molecular formula is C25H21FN4O2S. The molecule has 1 aliphatic heterocycles. The lowest BCUT2D eigenvalue weighted by Crippen LogP contribution is -2.65. The average Bonchev–Trinajstić information content (AvgIpc) is 3.28. The number of rotatable bonds is 3. The molecule has 33 heavy (non-hydrogen) atoms. The summed E-state index contributed by atoms with van der Waals surface area (Å²) in [5.41, 5.74) is 1.33. The van der Waals surface area contributed by atoms with Crippen LogP contribution in [0.4, 0.5) is 21.5 Å². The van der Waals surface area contributed by atoms with Gasteiger partial charge in [-0.1, -0.05) is 18.2 Å². The molecule has 2 amide bonds. The predicted octanol–water partition coefficient (Wildman–Crippen LogP) is 4.52. The average molecular weight is 461 g/mol. The molecule has 2 fully saturated rings. The SMILES string of the molecule is [C-]#[N+]c1ccc(N2C(=O)C3(CC4C=CCC43)N(c3ccc(C(=O)NC)c(F)c3)C2=S)cc1C. The molecule has 1 heterocycles. The minimum atomic E-state index is -0.904. The number of carbonyl (C=O) groups excluding carboxylic acids is 2. The lowest BCUT2D eigenvalue weighted by atomic mass is 9.59. The van der Waals surface area contributed by atoms with Gasteiger partial charge in [0, 0.05) is 24.3 Å². The van der Waals surface area contributed by atoms with E-state index in [2.05, 4.69) is 22.3 Å². The van der Waals surface area contributed by atoms with Gasteiger partial charge in [0.05, 0.1) is 12.1 Å². The Morgan fingerprint density at radius 2 is 2.03 bits per heavy atom. The van der Waals surface area contributed by atoms with Crippen molar-refractivity contribution in [1.29, 1.82) is 0 Å². The van der Waals surface area contributed by atoms with Crippen molar-refractivity contribution in [3.63, 3.8) is 0 Å². The van der Waals surface area contributed by atoms with Crippen LogP contribution in [0, 0.1) is 31.1 Å². The van der Waals surface area contributed by atoms with Crippen molar-refractivity contribution in [2.45, 2.75) is 25.3 Å². The van der Waals surface area contributed by atoms with Gasteiger partial charge >= 0.3 is 0 Å². The Morgan fingerprint density at radius 1 is 1.27 bits per heavy atom. The molecule has 2 aliphatic carbocycles. The minimum absolute atomic E-state index is 0.0400. The van der Waals surface area contributed by atoms with Gasteiger partial charge in [-0.2, -0.15) is 0 Å². The number of hydrogen-bond donors (Lipinski definition) is 1. The first-order valence-electron chi connectivity index (χ1n) is 10.7. The molecule has 0 aromatic heterocycles. The molecule has 166 valence electrons. The molecule has 2 aromatic rings. The van der Waals surface area contributed by atoms with E-state index in [4.69, 9.17) is 18.8 Å². The second-order valence-corrected chi connectivity index (χ2v) is 9.01. The molecular weight excluding hydrogens is 439 g/mol. The van der Waals surface area contributed by atoms with Crippen LogP contribution in [0.5, 0.6) is 0 Å². The third-order valence-corrected chi connectivity index (χ3v) is 7.41. The summed E-state index contributed by atoms with van der Waals surface area (Å²) in [5.74, 6) is -1.01. The molecule has 6 nitrogen and oxygen atoms in total. The van der Waals surface area contributed by atoms with Crippen molar-refractivity contribution in [3.8, 4) is 0 Å². The van der Waals surface area contributed by atoms with Crippen molar-refractivity contribution in [2.75, 3.05) is 16.8 Å². The van der Waals surface area contributed by atoms with Gasteiger partial charge in [0.1, 0.15) is 11.4 Å². The molecule has 3 atom stereocenters. The number of aryl methyl sites for hydroxylation is 1. The molecule has 0 bridgehead atoms. The second kappa shape index (κ2) is 7.49. The Bertz CT molecular complexity index is 1300. The number of anilines is 2. The fourth-order valence-corrected chi connectivity index (χ4v) is 5.86. The van der Waals surface area contributed by atoms with Crippen molar-refractivity contribution in [3.05, 3.63) is 76.9 Å². The Kier molecular flexibility index (Phi) is 4.83. The van der Waals surface area contributed by atoms with Gasteiger partial charge in [0.15, 0.2) is 10.8 Å². The number of allylic oxidation sites excluding steroid dienone is 2. The lowest BCUT2D eigenvalue weighted by Gasteiger charge is -2.52. The molecule has 1 N–H and O–H groups in total. The van der Waals surface area contributed by atoms with Crippen LogP contribution in [-0.4, -0.2) is 29.5 Å². The highest BCUT2D eigenvalue weighted by Gasteiger charge is 2.68. The van der Waals surface area contributed by atoms with E-state index in [0.29, 0.717) is 23.5 Å². The van der Waals surface area contributed by atoms with E-state index in [0.717, 1.165) is 12.0 Å². The first kappa shape index (κ1) is 21.3. The van der Waals surface area contributed by atoms with Gasteiger partial charge in [0.25, 0.3) is 11.8 Å². The third kappa shape index (κ3) is 2.85. The topological polar surface area (TPSA) is 57.0 Å². The first-order chi connectivity index (χ1) is 15.8. The number of amides is 2. The zero-order valence-corrected chi connectivity index (χ0v) is 18.9. The maximum absolute atomic E-state index is 14.9. The number of nitrogens with one attached hydrogen (secondary N) is 1. The summed E-state index contributed by atoms with van der Waals surface area (Å²) in [7, 11) is 1.44. The normalized spacial score (nSPS) is 25.3. The molecule has 5 rings (SSSR count). The largest absolute Gasteiger partial charge is 0.355 e. The van der Waals surface area contributed by atoms with Gasteiger partial charge in [-0.15, -0.1) is 0 Å². The van der Waals surface area contributed by atoms with E-state index in [1.54, 1.807) is 29.2 Å². The van der Waals surface area contributed by atoms with Crippen LogP contribution in [-0.2, 0) is 4.79 Å². The Morgan fingerprint density at radius 3 is 2.67 bits per heavy atom. The van der Waals surface area contributed by atoms with Gasteiger partial charge in [-0.25, -0.2) is 9.24 Å². The standard InChI is InChI=1S/C25H21FN4O2S/c1-14-11-16(8-10-21(14)27-2)29-23(32)25(13-15-5-4-6-19(15)25)30(24(29)33)17-7-9-18(20(26)12-17)22(31)28-3/h4-5,7-12,15,19H,6,13H2,1,3H3,(H,28,31). The summed E-state index contributed by atoms with van der Waals surface area (Å²) in [4.78, 5) is 32.7. The first-order valence-corrected chi connectivity index (χ1v) is 11.1. The number of fused-ring (bicyclic) bond motifs is 2. The van der Waals surface area contributed by atoms with Crippen LogP contribution < -0.4 is 15.1 Å². The van der Waals surface area contributed by atoms with Crippen LogP contribution in [0.1, 0.15) is 28.8 Å². The molecule has 3 unspecified atom stereocenters. The van der Waals surface area contributed by atoms with Crippen LogP contribution >= 0.6 is 12.2 Å². The van der Waals surface area contributed by atoms with Gasteiger partial charge in [-0.3, -0.25) is 14.5 Å². The summed E-state index contributed by atoms with van der Waals surface area (Å²) in [5, 5.41) is 2.70. The van der Waals surface area contributed by atoms with E-state index < -0.39 is 17.3 Å². The molecule has 1 spiro atoms. The fourth-order valence-electron chi connectivity index (χ4n) is 5.40. The minimum Gasteiger partial charge on any atom is -0.355 e. The van der Waals surface area contributed by atoms with E-state index >= 15 is 0 Å². The smallest absolute Gasteiger partial charge is 0.260 e. The summed E-state index contributed by atoms with van der Waals surface area (Å²) < 4.78 is 14.9. The maximum Gasteiger partial charge on any atom is 0.260 e. The van der Waals surface area contributed by atoms with Gasteiger partial charge < -0.3 is 10.2 Å². The van der Waals surface area contributed by atoms with E-state index in [1.165, 1.54) is 24.1 Å². The highest BCUT2D eigenvalue weighted by molar-refractivity contribution is 7.81. The fraction of sp³-hybridized carbons (Fsp3) is 0.280. The maximum atomic E-state index is 14.9. The van der Waals surface area contributed by atoms with Crippen LogP contribution in [0.25, 0.3) is 4.85 Å². The highest BCUT2D eigenvalue weighted by atomic mass is 32.1. The highest BCUT2D eigenvalue weighted by Crippen LogP contribution is 2.58. The van der Waals surface area contributed by atoms with Crippen molar-refractivity contribution in [1.82, 2.24) is 5.32 Å². The number of benzene rings is 2. The van der Waals surface area contributed by atoms with Gasteiger partial charge in [0.2, 0.25) is 0 Å². The zero-order chi connectivity index (χ0) is 23.5. The number of hydrogen-bond acceptors (Lipinski definition) is 3. The van der Waals surface area contributed by atoms with Crippen LogP contribution in [0.15, 0.2) is 48.6 Å².